The van der Waals surface area contributed by atoms with E-state index in [0.29, 0.717) is 22.6 Å². The number of carbonyl (C=O) groups is 1. The minimum Gasteiger partial charge on any atom is -0.360 e. The smallest absolute Gasteiger partial charge is 0.259 e. The van der Waals surface area contributed by atoms with Gasteiger partial charge in [0.25, 0.3) is 5.91 Å². The van der Waals surface area contributed by atoms with Crippen LogP contribution in [0, 0.1) is 12.7 Å². The zero-order valence-electron chi connectivity index (χ0n) is 10.4. The van der Waals surface area contributed by atoms with Crippen LogP contribution in [-0.4, -0.2) is 30.1 Å². The quantitative estimate of drug-likeness (QED) is 0.820. The molecular weight excluding hydrogens is 235 g/mol. The van der Waals surface area contributed by atoms with Crippen LogP contribution in [0.25, 0.3) is 11.3 Å². The first-order valence-electron chi connectivity index (χ1n) is 5.44. The van der Waals surface area contributed by atoms with E-state index in [9.17, 15) is 9.18 Å². The summed E-state index contributed by atoms with van der Waals surface area (Å²) in [5, 5.41) is 3.84. The van der Waals surface area contributed by atoms with Crippen LogP contribution < -0.4 is 0 Å². The fourth-order valence-electron chi connectivity index (χ4n) is 1.68. The van der Waals surface area contributed by atoms with E-state index >= 15 is 0 Å². The molecule has 0 fully saturated rings. The summed E-state index contributed by atoms with van der Waals surface area (Å²) in [4.78, 5) is 13.5. The van der Waals surface area contributed by atoms with Gasteiger partial charge in [0.2, 0.25) is 0 Å². The Kier molecular flexibility index (Phi) is 3.14. The van der Waals surface area contributed by atoms with E-state index in [4.69, 9.17) is 4.52 Å². The minimum atomic E-state index is -0.378. The molecule has 2 rings (SSSR count). The molecule has 0 aliphatic rings. The monoisotopic (exact) mass is 248 g/mol. The molecule has 0 bridgehead atoms. The fraction of sp³-hybridized carbons (Fsp3) is 0.231. The molecule has 1 aromatic carbocycles. The molecule has 0 saturated heterocycles. The third-order valence-corrected chi connectivity index (χ3v) is 2.58. The van der Waals surface area contributed by atoms with Gasteiger partial charge in [-0.3, -0.25) is 4.79 Å². The maximum absolute atomic E-state index is 13.2. The standard InChI is InChI=1S/C13H13FN2O2/c1-8-11(13(17)16(2)3)12(15-18-8)9-5-4-6-10(14)7-9/h4-7H,1-3H3. The van der Waals surface area contributed by atoms with E-state index in [1.54, 1.807) is 33.2 Å². The van der Waals surface area contributed by atoms with Crippen LogP contribution in [0.1, 0.15) is 16.1 Å². The molecule has 4 nitrogen and oxygen atoms in total. The lowest BCUT2D eigenvalue weighted by atomic mass is 10.1. The Bertz CT molecular complexity index is 590. The Labute approximate surface area is 104 Å². The molecule has 1 aromatic heterocycles. The number of hydrogen-bond donors (Lipinski definition) is 0. The highest BCUT2D eigenvalue weighted by atomic mass is 19.1. The van der Waals surface area contributed by atoms with Gasteiger partial charge in [0, 0.05) is 19.7 Å². The summed E-state index contributed by atoms with van der Waals surface area (Å²) < 4.78 is 18.2. The van der Waals surface area contributed by atoms with E-state index in [1.807, 2.05) is 0 Å². The first-order chi connectivity index (χ1) is 8.50. The van der Waals surface area contributed by atoms with Gasteiger partial charge >= 0.3 is 0 Å². The lowest BCUT2D eigenvalue weighted by molar-refractivity contribution is 0.0826. The van der Waals surface area contributed by atoms with Crippen molar-refractivity contribution < 1.29 is 13.7 Å². The third kappa shape index (κ3) is 2.11. The molecule has 18 heavy (non-hydrogen) atoms. The highest BCUT2D eigenvalue weighted by molar-refractivity contribution is 6.00. The largest absolute Gasteiger partial charge is 0.360 e. The molecule has 1 amide bonds. The predicted octanol–water partition coefficient (Wildman–Crippen LogP) is 2.49. The highest BCUT2D eigenvalue weighted by Gasteiger charge is 2.22. The number of aromatic nitrogens is 1. The average molecular weight is 248 g/mol. The van der Waals surface area contributed by atoms with Crippen LogP contribution in [0.2, 0.25) is 0 Å². The summed E-state index contributed by atoms with van der Waals surface area (Å²) in [6, 6.07) is 5.92. The zero-order chi connectivity index (χ0) is 13.3. The van der Waals surface area contributed by atoms with Crippen molar-refractivity contribution in [2.24, 2.45) is 0 Å². The van der Waals surface area contributed by atoms with Crippen LogP contribution in [0.4, 0.5) is 4.39 Å². The first-order valence-corrected chi connectivity index (χ1v) is 5.44. The Morgan fingerprint density at radius 3 is 2.72 bits per heavy atom. The molecule has 1 heterocycles. The zero-order valence-corrected chi connectivity index (χ0v) is 10.4. The normalized spacial score (nSPS) is 10.4. The number of carbonyl (C=O) groups excluding carboxylic acids is 1. The van der Waals surface area contributed by atoms with Crippen molar-refractivity contribution in [1.29, 1.82) is 0 Å². The predicted molar refractivity (Wildman–Crippen MR) is 64.7 cm³/mol. The van der Waals surface area contributed by atoms with Gasteiger partial charge in [-0.1, -0.05) is 17.3 Å². The Morgan fingerprint density at radius 2 is 2.11 bits per heavy atom. The second kappa shape index (κ2) is 4.60. The van der Waals surface area contributed by atoms with Gasteiger partial charge < -0.3 is 9.42 Å². The number of halogens is 1. The highest BCUT2D eigenvalue weighted by Crippen LogP contribution is 2.26. The molecule has 0 aliphatic heterocycles. The summed E-state index contributed by atoms with van der Waals surface area (Å²) in [6.45, 7) is 1.66. The molecule has 0 aliphatic carbocycles. The second-order valence-electron chi connectivity index (χ2n) is 4.17. The molecule has 94 valence electrons. The van der Waals surface area contributed by atoms with Crippen molar-refractivity contribution in [2.75, 3.05) is 14.1 Å². The molecule has 0 spiro atoms. The van der Waals surface area contributed by atoms with Crippen molar-refractivity contribution in [3.8, 4) is 11.3 Å². The summed E-state index contributed by atoms with van der Waals surface area (Å²) in [5.74, 6) is -0.169. The van der Waals surface area contributed by atoms with Gasteiger partial charge in [0.15, 0.2) is 0 Å². The second-order valence-corrected chi connectivity index (χ2v) is 4.17. The van der Waals surface area contributed by atoms with Gasteiger partial charge in [-0.2, -0.15) is 0 Å². The van der Waals surface area contributed by atoms with E-state index in [-0.39, 0.29) is 11.7 Å². The summed E-state index contributed by atoms with van der Waals surface area (Å²) in [7, 11) is 3.29. The number of benzene rings is 1. The van der Waals surface area contributed by atoms with Gasteiger partial charge in [-0.25, -0.2) is 4.39 Å². The number of amides is 1. The van der Waals surface area contributed by atoms with E-state index in [1.165, 1.54) is 17.0 Å². The lowest BCUT2D eigenvalue weighted by Crippen LogP contribution is -2.22. The SMILES string of the molecule is Cc1onc(-c2cccc(F)c2)c1C(=O)N(C)C. The lowest BCUT2D eigenvalue weighted by Gasteiger charge is -2.10. The molecule has 2 aromatic rings. The maximum atomic E-state index is 13.2. The number of nitrogens with zero attached hydrogens (tertiary/aromatic N) is 2. The first kappa shape index (κ1) is 12.3. The Balaban J connectivity index is 2.56. The van der Waals surface area contributed by atoms with E-state index < -0.39 is 0 Å². The molecule has 0 N–H and O–H groups in total. The van der Waals surface area contributed by atoms with Crippen LogP contribution in [0.15, 0.2) is 28.8 Å². The summed E-state index contributed by atoms with van der Waals surface area (Å²) in [5.41, 5.74) is 1.26. The topological polar surface area (TPSA) is 46.3 Å². The van der Waals surface area contributed by atoms with Crippen molar-refractivity contribution in [3.63, 3.8) is 0 Å². The van der Waals surface area contributed by atoms with Crippen LogP contribution in [0.5, 0.6) is 0 Å². The fourth-order valence-corrected chi connectivity index (χ4v) is 1.68. The summed E-state index contributed by atoms with van der Waals surface area (Å²) >= 11 is 0. The molecule has 0 unspecified atom stereocenters. The van der Waals surface area contributed by atoms with Gasteiger partial charge in [-0.15, -0.1) is 0 Å². The van der Waals surface area contributed by atoms with Gasteiger partial charge in [0.1, 0.15) is 22.8 Å². The van der Waals surface area contributed by atoms with Crippen LogP contribution in [-0.2, 0) is 0 Å². The maximum Gasteiger partial charge on any atom is 0.259 e. The molecule has 0 atom stereocenters. The molecule has 0 saturated carbocycles. The van der Waals surface area contributed by atoms with E-state index in [0.717, 1.165) is 0 Å². The van der Waals surface area contributed by atoms with Gasteiger partial charge in [0.05, 0.1) is 0 Å². The Morgan fingerprint density at radius 1 is 1.39 bits per heavy atom. The third-order valence-electron chi connectivity index (χ3n) is 2.58. The van der Waals surface area contributed by atoms with Crippen molar-refractivity contribution in [2.45, 2.75) is 6.92 Å². The number of hydrogen-bond acceptors (Lipinski definition) is 3. The number of rotatable bonds is 2. The molecule has 0 radical (unpaired) electrons. The van der Waals surface area contributed by atoms with Gasteiger partial charge in [-0.05, 0) is 19.1 Å². The minimum absolute atomic E-state index is 0.215. The van der Waals surface area contributed by atoms with Crippen molar-refractivity contribution in [1.82, 2.24) is 10.1 Å². The van der Waals surface area contributed by atoms with Crippen LogP contribution in [0.3, 0.4) is 0 Å². The molecule has 5 heteroatoms. The van der Waals surface area contributed by atoms with Crippen LogP contribution >= 0.6 is 0 Å². The molecular formula is C13H13FN2O2. The number of aryl methyl sites for hydroxylation is 1. The Hall–Kier alpha value is -2.17. The van der Waals surface area contributed by atoms with E-state index in [2.05, 4.69) is 5.16 Å². The van der Waals surface area contributed by atoms with Crippen molar-refractivity contribution >= 4 is 5.91 Å². The average Bonchev–Trinajstić information content (AvgIpc) is 2.70. The summed E-state index contributed by atoms with van der Waals surface area (Å²) in [6.07, 6.45) is 0. The van der Waals surface area contributed by atoms with Crippen molar-refractivity contribution in [3.05, 3.63) is 41.4 Å².